The molecule has 21 heavy (non-hydrogen) atoms. The maximum atomic E-state index is 12.8. The van der Waals surface area contributed by atoms with Gasteiger partial charge in [0.1, 0.15) is 11.7 Å². The van der Waals surface area contributed by atoms with Crippen LogP contribution in [0.1, 0.15) is 43.6 Å². The zero-order valence-electron chi connectivity index (χ0n) is 11.9. The molecule has 1 aromatic heterocycles. The third-order valence-corrected chi connectivity index (χ3v) is 4.05. The Morgan fingerprint density at radius 3 is 2.86 bits per heavy atom. The molecular formula is C13H18ClF2N3O2. The SMILES string of the molecule is Cc1c(Cl)c(C(F)F)nn1[C@@H](C)C(=O)NC[C@H]1CCCO1. The number of aromatic nitrogens is 2. The van der Waals surface area contributed by atoms with Crippen LogP contribution in [-0.2, 0) is 9.53 Å². The number of carbonyl (C=O) groups is 1. The van der Waals surface area contributed by atoms with Crippen LogP contribution >= 0.6 is 11.6 Å². The van der Waals surface area contributed by atoms with Gasteiger partial charge in [0, 0.05) is 13.2 Å². The number of carbonyl (C=O) groups excluding carboxylic acids is 1. The van der Waals surface area contributed by atoms with Gasteiger partial charge >= 0.3 is 0 Å². The van der Waals surface area contributed by atoms with Crippen molar-refractivity contribution in [3.05, 3.63) is 16.4 Å². The molecule has 1 amide bonds. The monoisotopic (exact) mass is 321 g/mol. The van der Waals surface area contributed by atoms with Gasteiger partial charge in [0.05, 0.1) is 16.8 Å². The number of alkyl halides is 2. The summed E-state index contributed by atoms with van der Waals surface area (Å²) in [5.74, 6) is -0.298. The van der Waals surface area contributed by atoms with Gasteiger partial charge in [-0.2, -0.15) is 5.10 Å². The number of nitrogens with zero attached hydrogens (tertiary/aromatic N) is 2. The van der Waals surface area contributed by atoms with Gasteiger partial charge in [0.2, 0.25) is 5.91 Å². The lowest BCUT2D eigenvalue weighted by Gasteiger charge is -2.16. The van der Waals surface area contributed by atoms with Crippen molar-refractivity contribution in [2.75, 3.05) is 13.2 Å². The van der Waals surface area contributed by atoms with Gasteiger partial charge in [-0.3, -0.25) is 9.48 Å². The summed E-state index contributed by atoms with van der Waals surface area (Å²) in [5.41, 5.74) is -0.139. The average Bonchev–Trinajstić information content (AvgIpc) is 3.05. The van der Waals surface area contributed by atoms with Gasteiger partial charge in [-0.15, -0.1) is 0 Å². The third-order valence-electron chi connectivity index (χ3n) is 3.58. The second-order valence-corrected chi connectivity index (χ2v) is 5.46. The van der Waals surface area contributed by atoms with Gasteiger partial charge in [-0.25, -0.2) is 8.78 Å². The fraction of sp³-hybridized carbons (Fsp3) is 0.692. The molecule has 118 valence electrons. The van der Waals surface area contributed by atoms with Gasteiger partial charge in [-0.05, 0) is 26.7 Å². The number of nitrogens with one attached hydrogen (secondary N) is 1. The van der Waals surface area contributed by atoms with E-state index in [9.17, 15) is 13.6 Å². The fourth-order valence-electron chi connectivity index (χ4n) is 2.32. The molecule has 8 heteroatoms. The molecular weight excluding hydrogens is 304 g/mol. The van der Waals surface area contributed by atoms with E-state index in [0.717, 1.165) is 12.8 Å². The maximum Gasteiger partial charge on any atom is 0.283 e. The fourth-order valence-corrected chi connectivity index (χ4v) is 2.52. The van der Waals surface area contributed by atoms with Crippen molar-refractivity contribution in [2.45, 2.75) is 45.3 Å². The highest BCUT2D eigenvalue weighted by Gasteiger charge is 2.26. The Morgan fingerprint density at radius 2 is 2.33 bits per heavy atom. The molecule has 0 spiro atoms. The van der Waals surface area contributed by atoms with E-state index >= 15 is 0 Å². The van der Waals surface area contributed by atoms with Crippen LogP contribution in [-0.4, -0.2) is 34.9 Å². The van der Waals surface area contributed by atoms with Crippen LogP contribution in [0.3, 0.4) is 0 Å². The Kier molecular flexibility index (Phi) is 5.16. The van der Waals surface area contributed by atoms with Crippen LogP contribution in [0.2, 0.25) is 5.02 Å². The molecule has 1 aliphatic rings. The highest BCUT2D eigenvalue weighted by atomic mass is 35.5. The minimum absolute atomic E-state index is 0.0279. The third kappa shape index (κ3) is 3.52. The molecule has 2 rings (SSSR count). The Morgan fingerprint density at radius 1 is 1.62 bits per heavy atom. The van der Waals surface area contributed by atoms with Gasteiger partial charge in [-0.1, -0.05) is 11.6 Å². The molecule has 2 heterocycles. The summed E-state index contributed by atoms with van der Waals surface area (Å²) in [4.78, 5) is 12.1. The van der Waals surface area contributed by atoms with Crippen LogP contribution in [0.25, 0.3) is 0 Å². The van der Waals surface area contributed by atoms with Crippen molar-refractivity contribution in [1.29, 1.82) is 0 Å². The molecule has 2 atom stereocenters. The van der Waals surface area contributed by atoms with Crippen LogP contribution in [0, 0.1) is 6.92 Å². The van der Waals surface area contributed by atoms with Crippen LogP contribution in [0.4, 0.5) is 8.78 Å². The van der Waals surface area contributed by atoms with Crippen molar-refractivity contribution >= 4 is 17.5 Å². The first-order chi connectivity index (χ1) is 9.91. The van der Waals surface area contributed by atoms with Crippen molar-refractivity contribution in [1.82, 2.24) is 15.1 Å². The van der Waals surface area contributed by atoms with Crippen molar-refractivity contribution in [3.63, 3.8) is 0 Å². The lowest BCUT2D eigenvalue weighted by molar-refractivity contribution is -0.124. The highest BCUT2D eigenvalue weighted by Crippen LogP contribution is 2.30. The summed E-state index contributed by atoms with van der Waals surface area (Å²) >= 11 is 5.82. The van der Waals surface area contributed by atoms with E-state index in [0.29, 0.717) is 18.8 Å². The van der Waals surface area contributed by atoms with Crippen LogP contribution < -0.4 is 5.32 Å². The second kappa shape index (κ2) is 6.70. The summed E-state index contributed by atoms with van der Waals surface area (Å²) < 4.78 is 32.2. The van der Waals surface area contributed by atoms with E-state index in [-0.39, 0.29) is 17.0 Å². The number of halogens is 3. The predicted molar refractivity (Wildman–Crippen MR) is 73.6 cm³/mol. The summed E-state index contributed by atoms with van der Waals surface area (Å²) in [6.45, 7) is 4.28. The molecule has 0 bridgehead atoms. The first kappa shape index (κ1) is 16.2. The summed E-state index contributed by atoms with van der Waals surface area (Å²) in [5, 5.41) is 6.41. The quantitative estimate of drug-likeness (QED) is 0.907. The van der Waals surface area contributed by atoms with E-state index in [4.69, 9.17) is 16.3 Å². The van der Waals surface area contributed by atoms with E-state index in [1.54, 1.807) is 13.8 Å². The smallest absolute Gasteiger partial charge is 0.283 e. The zero-order valence-corrected chi connectivity index (χ0v) is 12.7. The number of rotatable bonds is 5. The standard InChI is InChI=1S/C13H18ClF2N3O2/c1-7-10(14)11(12(15)16)18-19(7)8(2)13(20)17-6-9-4-3-5-21-9/h8-9,12H,3-6H2,1-2H3,(H,17,20)/t8-,9+/m0/s1. The van der Waals surface area contributed by atoms with E-state index in [2.05, 4.69) is 10.4 Å². The molecule has 1 aromatic rings. The van der Waals surface area contributed by atoms with Crippen molar-refractivity contribution < 1.29 is 18.3 Å². The minimum Gasteiger partial charge on any atom is -0.376 e. The Bertz CT molecular complexity index is 516. The van der Waals surface area contributed by atoms with Crippen LogP contribution in [0.5, 0.6) is 0 Å². The summed E-state index contributed by atoms with van der Waals surface area (Å²) in [6, 6.07) is -0.712. The van der Waals surface area contributed by atoms with Gasteiger partial charge < -0.3 is 10.1 Å². The summed E-state index contributed by atoms with van der Waals surface area (Å²) in [6.07, 6.45) is -0.835. The largest absolute Gasteiger partial charge is 0.376 e. The molecule has 0 radical (unpaired) electrons. The van der Waals surface area contributed by atoms with Crippen molar-refractivity contribution in [3.8, 4) is 0 Å². The molecule has 1 aliphatic heterocycles. The Balaban J connectivity index is 2.03. The first-order valence-electron chi connectivity index (χ1n) is 6.83. The zero-order chi connectivity index (χ0) is 15.6. The lowest BCUT2D eigenvalue weighted by Crippen LogP contribution is -2.36. The second-order valence-electron chi connectivity index (χ2n) is 5.09. The highest BCUT2D eigenvalue weighted by molar-refractivity contribution is 6.31. The molecule has 0 saturated carbocycles. The number of hydrogen-bond donors (Lipinski definition) is 1. The molecule has 1 fully saturated rings. The molecule has 0 unspecified atom stereocenters. The van der Waals surface area contributed by atoms with Gasteiger partial charge in [0.25, 0.3) is 6.43 Å². The number of hydrogen-bond acceptors (Lipinski definition) is 3. The number of ether oxygens (including phenoxy) is 1. The van der Waals surface area contributed by atoms with Crippen LogP contribution in [0.15, 0.2) is 0 Å². The first-order valence-corrected chi connectivity index (χ1v) is 7.21. The number of amides is 1. The van der Waals surface area contributed by atoms with Crippen molar-refractivity contribution in [2.24, 2.45) is 0 Å². The molecule has 0 aromatic carbocycles. The normalized spacial score (nSPS) is 20.0. The summed E-state index contributed by atoms with van der Waals surface area (Å²) in [7, 11) is 0. The lowest BCUT2D eigenvalue weighted by atomic mass is 10.2. The minimum atomic E-state index is -2.76. The molecule has 1 N–H and O–H groups in total. The molecule has 0 aliphatic carbocycles. The van der Waals surface area contributed by atoms with E-state index in [1.165, 1.54) is 4.68 Å². The van der Waals surface area contributed by atoms with E-state index in [1.807, 2.05) is 0 Å². The Hall–Kier alpha value is -1.21. The predicted octanol–water partition coefficient (Wildman–Crippen LogP) is 2.64. The van der Waals surface area contributed by atoms with Gasteiger partial charge in [0.15, 0.2) is 0 Å². The maximum absolute atomic E-state index is 12.8. The molecule has 1 saturated heterocycles. The van der Waals surface area contributed by atoms with E-state index < -0.39 is 18.2 Å². The average molecular weight is 322 g/mol. The Labute approximate surface area is 126 Å². The molecule has 5 nitrogen and oxygen atoms in total. The topological polar surface area (TPSA) is 56.2 Å².